The SMILES string of the molecule is Cc1ccc2c(c1)/C(=N\Nc1nc(C)c(C(=O)Nc3nccs3)s1)CC(c1ccccc1)O2. The molecule has 0 spiro atoms. The maximum atomic E-state index is 12.6. The van der Waals surface area contributed by atoms with Crippen molar-refractivity contribution in [2.75, 3.05) is 10.7 Å². The van der Waals surface area contributed by atoms with Crippen LogP contribution in [-0.2, 0) is 0 Å². The number of fused-ring (bicyclic) bond motifs is 1. The maximum absolute atomic E-state index is 12.6. The number of hydrazone groups is 1. The van der Waals surface area contributed by atoms with Crippen LogP contribution in [0.1, 0.15) is 44.6 Å². The number of nitrogens with zero attached hydrogens (tertiary/aromatic N) is 3. The van der Waals surface area contributed by atoms with Gasteiger partial charge in [-0.2, -0.15) is 5.10 Å². The molecule has 1 atom stereocenters. The second kappa shape index (κ2) is 9.13. The third kappa shape index (κ3) is 4.64. The van der Waals surface area contributed by atoms with E-state index >= 15 is 0 Å². The summed E-state index contributed by atoms with van der Waals surface area (Å²) >= 11 is 2.64. The van der Waals surface area contributed by atoms with E-state index in [4.69, 9.17) is 9.84 Å². The van der Waals surface area contributed by atoms with E-state index in [2.05, 4.69) is 38.9 Å². The lowest BCUT2D eigenvalue weighted by Gasteiger charge is -2.27. The molecule has 33 heavy (non-hydrogen) atoms. The van der Waals surface area contributed by atoms with Crippen LogP contribution in [0, 0.1) is 13.8 Å². The summed E-state index contributed by atoms with van der Waals surface area (Å²) in [5.41, 5.74) is 7.79. The van der Waals surface area contributed by atoms with Crippen molar-refractivity contribution in [1.29, 1.82) is 0 Å². The van der Waals surface area contributed by atoms with Crippen molar-refractivity contribution in [3.63, 3.8) is 0 Å². The first-order chi connectivity index (χ1) is 16.1. The van der Waals surface area contributed by atoms with Crippen molar-refractivity contribution in [3.05, 3.63) is 87.4 Å². The van der Waals surface area contributed by atoms with Gasteiger partial charge >= 0.3 is 0 Å². The summed E-state index contributed by atoms with van der Waals surface area (Å²) in [4.78, 5) is 21.7. The van der Waals surface area contributed by atoms with E-state index in [1.807, 2.05) is 49.6 Å². The third-order valence-electron chi connectivity index (χ3n) is 5.21. The van der Waals surface area contributed by atoms with Gasteiger partial charge in [0, 0.05) is 23.6 Å². The average Bonchev–Trinajstić information content (AvgIpc) is 3.47. The smallest absolute Gasteiger partial charge is 0.269 e. The van der Waals surface area contributed by atoms with E-state index in [1.165, 1.54) is 22.7 Å². The van der Waals surface area contributed by atoms with Crippen LogP contribution in [-0.4, -0.2) is 21.6 Å². The van der Waals surface area contributed by atoms with Crippen molar-refractivity contribution >= 4 is 44.6 Å². The summed E-state index contributed by atoms with van der Waals surface area (Å²) in [5, 5.41) is 10.4. The van der Waals surface area contributed by atoms with Crippen LogP contribution in [0.5, 0.6) is 5.75 Å². The molecule has 0 bridgehead atoms. The molecule has 2 N–H and O–H groups in total. The van der Waals surface area contributed by atoms with Crippen LogP contribution < -0.4 is 15.5 Å². The van der Waals surface area contributed by atoms with E-state index in [1.54, 1.807) is 6.20 Å². The minimum Gasteiger partial charge on any atom is -0.485 e. The molecule has 2 aromatic heterocycles. The van der Waals surface area contributed by atoms with Crippen molar-refractivity contribution in [2.45, 2.75) is 26.4 Å². The van der Waals surface area contributed by atoms with Crippen molar-refractivity contribution in [1.82, 2.24) is 9.97 Å². The highest BCUT2D eigenvalue weighted by molar-refractivity contribution is 7.18. The number of aromatic nitrogens is 2. The maximum Gasteiger partial charge on any atom is 0.269 e. The molecule has 0 aliphatic carbocycles. The second-order valence-electron chi connectivity index (χ2n) is 7.62. The zero-order chi connectivity index (χ0) is 22.8. The lowest BCUT2D eigenvalue weighted by molar-refractivity contribution is 0.103. The highest BCUT2D eigenvalue weighted by atomic mass is 32.1. The molecule has 0 radical (unpaired) electrons. The Labute approximate surface area is 199 Å². The van der Waals surface area contributed by atoms with Gasteiger partial charge in [-0.15, -0.1) is 11.3 Å². The first-order valence-electron chi connectivity index (χ1n) is 10.4. The Morgan fingerprint density at radius 1 is 1.15 bits per heavy atom. The summed E-state index contributed by atoms with van der Waals surface area (Å²) in [6.45, 7) is 3.86. The summed E-state index contributed by atoms with van der Waals surface area (Å²) in [5.74, 6) is 0.580. The predicted octanol–water partition coefficient (Wildman–Crippen LogP) is 5.81. The molecule has 7 nitrogen and oxygen atoms in total. The number of benzene rings is 2. The molecule has 0 saturated heterocycles. The van der Waals surface area contributed by atoms with E-state index in [-0.39, 0.29) is 12.0 Å². The fraction of sp³-hybridized carbons (Fsp3) is 0.167. The van der Waals surface area contributed by atoms with E-state index < -0.39 is 0 Å². The molecular weight excluding hydrogens is 454 g/mol. The van der Waals surface area contributed by atoms with Gasteiger partial charge in [0.1, 0.15) is 16.7 Å². The number of nitrogens with one attached hydrogen (secondary N) is 2. The number of amides is 1. The van der Waals surface area contributed by atoms with Gasteiger partial charge in [-0.1, -0.05) is 53.3 Å². The van der Waals surface area contributed by atoms with Gasteiger partial charge < -0.3 is 4.74 Å². The zero-order valence-corrected chi connectivity index (χ0v) is 19.7. The Hall–Kier alpha value is -3.56. The predicted molar refractivity (Wildman–Crippen MR) is 133 cm³/mol. The molecular formula is C24H21N5O2S2. The second-order valence-corrected chi connectivity index (χ2v) is 9.51. The number of rotatable bonds is 5. The number of hydrogen-bond donors (Lipinski definition) is 2. The average molecular weight is 476 g/mol. The summed E-state index contributed by atoms with van der Waals surface area (Å²) < 4.78 is 6.28. The Kier molecular flexibility index (Phi) is 5.89. The largest absolute Gasteiger partial charge is 0.485 e. The lowest BCUT2D eigenvalue weighted by Crippen LogP contribution is -2.22. The van der Waals surface area contributed by atoms with E-state index in [9.17, 15) is 4.79 Å². The molecule has 0 saturated carbocycles. The van der Waals surface area contributed by atoms with Crippen LogP contribution in [0.25, 0.3) is 0 Å². The molecule has 1 aliphatic rings. The fourth-order valence-electron chi connectivity index (χ4n) is 3.62. The molecule has 1 unspecified atom stereocenters. The minimum absolute atomic E-state index is 0.125. The molecule has 3 heterocycles. The van der Waals surface area contributed by atoms with Gasteiger partial charge in [0.15, 0.2) is 5.13 Å². The van der Waals surface area contributed by atoms with Gasteiger partial charge in [0.25, 0.3) is 5.91 Å². The molecule has 1 aliphatic heterocycles. The number of thiazole rings is 2. The van der Waals surface area contributed by atoms with E-state index in [0.29, 0.717) is 27.3 Å². The quantitative estimate of drug-likeness (QED) is 0.356. The monoisotopic (exact) mass is 475 g/mol. The standard InChI is InChI=1S/C24H21N5O2S2/c1-14-8-9-19-17(12-14)18(13-20(31-19)16-6-4-3-5-7-16)28-29-24-26-15(2)21(33-24)22(30)27-23-25-10-11-32-23/h3-12,20H,13H2,1-2H3,(H,26,29)(H,25,27,30)/b28-18-. The van der Waals surface area contributed by atoms with Crippen LogP contribution in [0.3, 0.4) is 0 Å². The third-order valence-corrected chi connectivity index (χ3v) is 6.96. The van der Waals surface area contributed by atoms with Crippen LogP contribution >= 0.6 is 22.7 Å². The first kappa shape index (κ1) is 21.3. The minimum atomic E-state index is -0.225. The number of hydrogen-bond acceptors (Lipinski definition) is 8. The highest BCUT2D eigenvalue weighted by Crippen LogP contribution is 2.36. The van der Waals surface area contributed by atoms with Gasteiger partial charge in [-0.25, -0.2) is 9.97 Å². The molecule has 166 valence electrons. The molecule has 2 aromatic carbocycles. The van der Waals surface area contributed by atoms with Crippen molar-refractivity contribution in [2.24, 2.45) is 5.10 Å². The van der Waals surface area contributed by atoms with Crippen LogP contribution in [0.4, 0.5) is 10.3 Å². The van der Waals surface area contributed by atoms with E-state index in [0.717, 1.165) is 28.2 Å². The molecule has 9 heteroatoms. The number of anilines is 2. The van der Waals surface area contributed by atoms with Gasteiger partial charge in [-0.3, -0.25) is 15.5 Å². The normalized spacial score (nSPS) is 16.2. The zero-order valence-electron chi connectivity index (χ0n) is 18.0. The Morgan fingerprint density at radius 2 is 2.00 bits per heavy atom. The summed E-state index contributed by atoms with van der Waals surface area (Å²) in [6.07, 6.45) is 2.15. The van der Waals surface area contributed by atoms with Crippen molar-refractivity contribution in [3.8, 4) is 5.75 Å². The topological polar surface area (TPSA) is 88.5 Å². The molecule has 5 rings (SSSR count). The highest BCUT2D eigenvalue weighted by Gasteiger charge is 2.26. The number of ether oxygens (including phenoxy) is 1. The first-order valence-corrected chi connectivity index (χ1v) is 12.1. The molecule has 4 aromatic rings. The molecule has 1 amide bonds. The Morgan fingerprint density at radius 3 is 2.79 bits per heavy atom. The van der Waals surface area contributed by atoms with Crippen molar-refractivity contribution < 1.29 is 9.53 Å². The molecule has 0 fully saturated rings. The van der Waals surface area contributed by atoms with Crippen LogP contribution in [0.15, 0.2) is 65.2 Å². The lowest BCUT2D eigenvalue weighted by atomic mass is 9.94. The van der Waals surface area contributed by atoms with Crippen LogP contribution in [0.2, 0.25) is 0 Å². The Balaban J connectivity index is 1.40. The summed E-state index contributed by atoms with van der Waals surface area (Å²) in [7, 11) is 0. The number of carbonyl (C=O) groups excluding carboxylic acids is 1. The van der Waals surface area contributed by atoms with Gasteiger partial charge in [0.2, 0.25) is 5.13 Å². The Bertz CT molecular complexity index is 1320. The fourth-order valence-corrected chi connectivity index (χ4v) is 4.95. The number of aryl methyl sites for hydroxylation is 2. The van der Waals surface area contributed by atoms with Gasteiger partial charge in [-0.05, 0) is 31.5 Å². The van der Waals surface area contributed by atoms with Gasteiger partial charge in [0.05, 0.1) is 11.4 Å². The number of carbonyl (C=O) groups is 1. The summed E-state index contributed by atoms with van der Waals surface area (Å²) in [6, 6.07) is 16.2.